The van der Waals surface area contributed by atoms with Crippen LogP contribution in [0, 0.1) is 11.3 Å². The SMILES string of the molecule is N#Cc1ccccc1Cn1cc(CCn2cncn2)nn1. The van der Waals surface area contributed by atoms with Gasteiger partial charge in [0.05, 0.1) is 23.9 Å². The van der Waals surface area contributed by atoms with Gasteiger partial charge in [0, 0.05) is 19.2 Å². The summed E-state index contributed by atoms with van der Waals surface area (Å²) in [5, 5.41) is 21.4. The van der Waals surface area contributed by atoms with Gasteiger partial charge in [0.25, 0.3) is 0 Å². The molecule has 0 fully saturated rings. The number of nitriles is 1. The van der Waals surface area contributed by atoms with E-state index in [4.69, 9.17) is 5.26 Å². The highest BCUT2D eigenvalue weighted by atomic mass is 15.4. The summed E-state index contributed by atoms with van der Waals surface area (Å²) in [7, 11) is 0. The van der Waals surface area contributed by atoms with Crippen molar-refractivity contribution in [3.8, 4) is 6.07 Å². The summed E-state index contributed by atoms with van der Waals surface area (Å²) < 4.78 is 3.50. The average molecular weight is 279 g/mol. The second-order valence-corrected chi connectivity index (χ2v) is 4.58. The van der Waals surface area contributed by atoms with E-state index in [1.807, 2.05) is 24.4 Å². The van der Waals surface area contributed by atoms with E-state index in [1.165, 1.54) is 6.33 Å². The molecule has 0 amide bonds. The van der Waals surface area contributed by atoms with Gasteiger partial charge in [-0.2, -0.15) is 10.4 Å². The first-order valence-electron chi connectivity index (χ1n) is 6.54. The molecule has 0 atom stereocenters. The third kappa shape index (κ3) is 3.12. The van der Waals surface area contributed by atoms with Crippen molar-refractivity contribution in [1.82, 2.24) is 29.8 Å². The predicted octanol–water partition coefficient (Wildman–Crippen LogP) is 1.03. The summed E-state index contributed by atoms with van der Waals surface area (Å²) in [6.07, 6.45) is 5.82. The molecule has 2 aromatic heterocycles. The minimum atomic E-state index is 0.542. The lowest BCUT2D eigenvalue weighted by Crippen LogP contribution is -2.02. The molecular formula is C14H13N7. The van der Waals surface area contributed by atoms with Gasteiger partial charge in [-0.3, -0.25) is 4.68 Å². The van der Waals surface area contributed by atoms with Crippen LogP contribution >= 0.6 is 0 Å². The Morgan fingerprint density at radius 3 is 2.90 bits per heavy atom. The molecule has 0 aliphatic carbocycles. The van der Waals surface area contributed by atoms with Crippen molar-refractivity contribution in [2.75, 3.05) is 0 Å². The van der Waals surface area contributed by atoms with Crippen LogP contribution in [-0.4, -0.2) is 29.8 Å². The topological polar surface area (TPSA) is 85.2 Å². The molecule has 7 nitrogen and oxygen atoms in total. The Balaban J connectivity index is 1.66. The zero-order valence-electron chi connectivity index (χ0n) is 11.3. The maximum atomic E-state index is 9.08. The fourth-order valence-corrected chi connectivity index (χ4v) is 2.05. The van der Waals surface area contributed by atoms with Gasteiger partial charge in [0.15, 0.2) is 0 Å². The van der Waals surface area contributed by atoms with Crippen LogP contribution in [0.3, 0.4) is 0 Å². The van der Waals surface area contributed by atoms with E-state index in [0.717, 1.165) is 17.7 Å². The number of aromatic nitrogens is 6. The number of benzene rings is 1. The maximum absolute atomic E-state index is 9.08. The van der Waals surface area contributed by atoms with Crippen molar-refractivity contribution in [2.24, 2.45) is 0 Å². The lowest BCUT2D eigenvalue weighted by atomic mass is 10.1. The Labute approximate surface area is 121 Å². The minimum Gasteiger partial charge on any atom is -0.253 e. The molecule has 0 aliphatic heterocycles. The first-order chi connectivity index (χ1) is 10.3. The van der Waals surface area contributed by atoms with Crippen molar-refractivity contribution in [3.05, 3.63) is 59.9 Å². The molecule has 0 aliphatic rings. The van der Waals surface area contributed by atoms with Crippen molar-refractivity contribution in [3.63, 3.8) is 0 Å². The van der Waals surface area contributed by atoms with Gasteiger partial charge in [0.2, 0.25) is 0 Å². The van der Waals surface area contributed by atoms with Crippen LogP contribution in [0.4, 0.5) is 0 Å². The highest BCUT2D eigenvalue weighted by Gasteiger charge is 2.05. The molecule has 1 aromatic carbocycles. The Hall–Kier alpha value is -3.01. The monoisotopic (exact) mass is 279 g/mol. The standard InChI is InChI=1S/C14H13N7/c15-7-12-3-1-2-4-13(12)8-21-9-14(18-19-21)5-6-20-11-16-10-17-20/h1-4,9-11H,5-6,8H2. The lowest BCUT2D eigenvalue weighted by Gasteiger charge is -2.02. The molecule has 0 bridgehead atoms. The molecule has 0 radical (unpaired) electrons. The summed E-state index contributed by atoms with van der Waals surface area (Å²) in [6, 6.07) is 9.69. The van der Waals surface area contributed by atoms with Crippen molar-refractivity contribution in [2.45, 2.75) is 19.5 Å². The Kier molecular flexibility index (Phi) is 3.69. The lowest BCUT2D eigenvalue weighted by molar-refractivity contribution is 0.605. The van der Waals surface area contributed by atoms with Gasteiger partial charge in [-0.25, -0.2) is 9.67 Å². The van der Waals surface area contributed by atoms with Gasteiger partial charge >= 0.3 is 0 Å². The van der Waals surface area contributed by atoms with Gasteiger partial charge in [0.1, 0.15) is 12.7 Å². The summed E-state index contributed by atoms with van der Waals surface area (Å²) in [5.74, 6) is 0. The van der Waals surface area contributed by atoms with Crippen molar-refractivity contribution < 1.29 is 0 Å². The van der Waals surface area contributed by atoms with Crippen molar-refractivity contribution >= 4 is 0 Å². The first-order valence-corrected chi connectivity index (χ1v) is 6.54. The zero-order chi connectivity index (χ0) is 14.5. The number of hydrogen-bond donors (Lipinski definition) is 0. The zero-order valence-corrected chi connectivity index (χ0v) is 11.3. The fraction of sp³-hybridized carbons (Fsp3) is 0.214. The van der Waals surface area contributed by atoms with Crippen LogP contribution in [0.25, 0.3) is 0 Å². The van der Waals surface area contributed by atoms with Crippen LogP contribution in [0.1, 0.15) is 16.8 Å². The summed E-state index contributed by atoms with van der Waals surface area (Å²) in [5.41, 5.74) is 2.49. The Bertz CT molecular complexity index is 752. The molecule has 3 rings (SSSR count). The molecule has 104 valence electrons. The van der Waals surface area contributed by atoms with Gasteiger partial charge in [-0.15, -0.1) is 5.10 Å². The maximum Gasteiger partial charge on any atom is 0.137 e. The third-order valence-electron chi connectivity index (χ3n) is 3.12. The number of hydrogen-bond acceptors (Lipinski definition) is 5. The molecule has 0 saturated carbocycles. The minimum absolute atomic E-state index is 0.542. The second-order valence-electron chi connectivity index (χ2n) is 4.58. The third-order valence-corrected chi connectivity index (χ3v) is 3.12. The molecular weight excluding hydrogens is 266 g/mol. The predicted molar refractivity (Wildman–Crippen MR) is 74.0 cm³/mol. The molecule has 0 saturated heterocycles. The van der Waals surface area contributed by atoms with E-state index in [1.54, 1.807) is 21.8 Å². The van der Waals surface area contributed by atoms with E-state index in [0.29, 0.717) is 18.7 Å². The van der Waals surface area contributed by atoms with Crippen LogP contribution in [0.5, 0.6) is 0 Å². The first kappa shape index (κ1) is 13.0. The molecule has 0 N–H and O–H groups in total. The quantitative estimate of drug-likeness (QED) is 0.696. The normalized spacial score (nSPS) is 10.4. The van der Waals surface area contributed by atoms with E-state index >= 15 is 0 Å². The van der Waals surface area contributed by atoms with E-state index in [-0.39, 0.29) is 0 Å². The van der Waals surface area contributed by atoms with Crippen LogP contribution < -0.4 is 0 Å². The molecule has 2 heterocycles. The molecule has 0 unspecified atom stereocenters. The number of aryl methyl sites for hydroxylation is 2. The fourth-order valence-electron chi connectivity index (χ4n) is 2.05. The Morgan fingerprint density at radius 1 is 1.19 bits per heavy atom. The Morgan fingerprint density at radius 2 is 2.10 bits per heavy atom. The second kappa shape index (κ2) is 5.96. The van der Waals surface area contributed by atoms with Gasteiger partial charge < -0.3 is 0 Å². The molecule has 7 heteroatoms. The smallest absolute Gasteiger partial charge is 0.137 e. The summed E-state index contributed by atoms with van der Waals surface area (Å²) >= 11 is 0. The molecule has 21 heavy (non-hydrogen) atoms. The molecule has 3 aromatic rings. The van der Waals surface area contributed by atoms with Gasteiger partial charge in [-0.05, 0) is 11.6 Å². The van der Waals surface area contributed by atoms with E-state index in [2.05, 4.69) is 26.5 Å². The largest absolute Gasteiger partial charge is 0.253 e. The summed E-state index contributed by atoms with van der Waals surface area (Å²) in [6.45, 7) is 1.26. The van der Waals surface area contributed by atoms with Crippen LogP contribution in [-0.2, 0) is 19.5 Å². The van der Waals surface area contributed by atoms with Gasteiger partial charge in [-0.1, -0.05) is 23.4 Å². The number of rotatable bonds is 5. The number of nitrogens with zero attached hydrogens (tertiary/aromatic N) is 7. The summed E-state index contributed by atoms with van der Waals surface area (Å²) in [4.78, 5) is 3.89. The van der Waals surface area contributed by atoms with E-state index in [9.17, 15) is 0 Å². The van der Waals surface area contributed by atoms with Crippen molar-refractivity contribution in [1.29, 1.82) is 5.26 Å². The van der Waals surface area contributed by atoms with E-state index < -0.39 is 0 Å². The highest BCUT2D eigenvalue weighted by Crippen LogP contribution is 2.09. The van der Waals surface area contributed by atoms with Crippen LogP contribution in [0.15, 0.2) is 43.1 Å². The van der Waals surface area contributed by atoms with Crippen LogP contribution in [0.2, 0.25) is 0 Å². The molecule has 0 spiro atoms. The average Bonchev–Trinajstić information content (AvgIpc) is 3.17. The highest BCUT2D eigenvalue weighted by molar-refractivity contribution is 5.37.